The van der Waals surface area contributed by atoms with E-state index in [2.05, 4.69) is 26.6 Å². The van der Waals surface area contributed by atoms with Gasteiger partial charge in [-0.05, 0) is 88.8 Å². The molecule has 24 heteroatoms. The molecular weight excluding hydrogens is 1030 g/mol. The number of benzene rings is 2. The maximum absolute atomic E-state index is 15.6. The van der Waals surface area contributed by atoms with E-state index in [1.165, 1.54) is 67.5 Å². The lowest BCUT2D eigenvalue weighted by molar-refractivity contribution is -0.172. The molecule has 4 aliphatic heterocycles. The molecule has 79 heavy (non-hydrogen) atoms. The second-order valence-corrected chi connectivity index (χ2v) is 21.2. The lowest BCUT2D eigenvalue weighted by Gasteiger charge is -2.33. The normalized spacial score (nSPS) is 20.5. The number of esters is 1. The highest BCUT2D eigenvalue weighted by Gasteiger charge is 2.47. The zero-order valence-corrected chi connectivity index (χ0v) is 44.8. The van der Waals surface area contributed by atoms with Crippen LogP contribution in [-0.2, 0) is 77.7 Å². The van der Waals surface area contributed by atoms with E-state index in [1.807, 2.05) is 0 Å². The second kappa shape index (κ2) is 21.6. The zero-order valence-electron chi connectivity index (χ0n) is 44.8. The molecule has 8 amide bonds. The number of pyridine rings is 2. The fourth-order valence-corrected chi connectivity index (χ4v) is 10.8. The molecule has 2 fully saturated rings. The van der Waals surface area contributed by atoms with Gasteiger partial charge in [0.05, 0.1) is 48.3 Å². The summed E-state index contributed by atoms with van der Waals surface area (Å²) >= 11 is 0. The highest BCUT2D eigenvalue weighted by Crippen LogP contribution is 2.46. The molecule has 1 aliphatic carbocycles. The fraction of sp³-hybridized carbons (Fsp3) is 0.473. The number of fused-ring (bicyclic) bond motifs is 5. The third-order valence-electron chi connectivity index (χ3n) is 15.5. The molecule has 2 aromatic heterocycles. The van der Waals surface area contributed by atoms with Crippen LogP contribution in [0, 0.1) is 18.7 Å². The minimum Gasteiger partial charge on any atom is -0.458 e. The molecule has 2 aromatic carbocycles. The summed E-state index contributed by atoms with van der Waals surface area (Å²) in [6, 6.07) is 5.82. The standard InChI is InChI=1S/C55H62FN9O14/c1-8-55(76)35-22-39-44-33(24-65(39)49(71)34(35)25-78-52(55)74)43-37(14-13-32-27(3)36(56)23-38(60-44)42(32)43)61-51(73)54(6,7)62-53(75)79-45(50(72)63-17-19-77-20-18-63)30-9-11-31(12-10-30)59-47(69)29(5)58-46(68)28(4)57-40(66)15-16-64-41(67)21-26(2)48(64)70/h9-12,22-23,26,28-29,37,45,76H,8,13-21,24-25H2,1-7H3,(H,57,66)(H,58,68)(H,59,69)(H,61,73)(H,62,75)/t26?,28-,29-,37-,45?,55-/m0/s1. The van der Waals surface area contributed by atoms with Gasteiger partial charge < -0.3 is 55.4 Å². The van der Waals surface area contributed by atoms with E-state index < -0.39 is 94.3 Å². The number of nitrogens with one attached hydrogen (secondary N) is 5. The first-order valence-electron chi connectivity index (χ1n) is 26.2. The highest BCUT2D eigenvalue weighted by atomic mass is 19.1. The number of likely N-dealkylation sites (tertiary alicyclic amines) is 1. The number of amides is 8. The van der Waals surface area contributed by atoms with E-state index in [0.717, 1.165) is 4.90 Å². The Morgan fingerprint density at radius 2 is 1.66 bits per heavy atom. The third kappa shape index (κ3) is 10.5. The molecule has 0 spiro atoms. The van der Waals surface area contributed by atoms with Crippen molar-refractivity contribution in [2.75, 3.05) is 38.2 Å². The molecule has 0 bridgehead atoms. The summed E-state index contributed by atoms with van der Waals surface area (Å²) in [5.41, 5.74) is -0.408. The maximum atomic E-state index is 15.6. The van der Waals surface area contributed by atoms with Gasteiger partial charge in [-0.2, -0.15) is 0 Å². The largest absolute Gasteiger partial charge is 0.458 e. The highest BCUT2D eigenvalue weighted by molar-refractivity contribution is 6.04. The summed E-state index contributed by atoms with van der Waals surface area (Å²) in [5.74, 6) is -5.66. The summed E-state index contributed by atoms with van der Waals surface area (Å²) in [6.07, 6.45) is -2.21. The molecule has 0 radical (unpaired) electrons. The van der Waals surface area contributed by atoms with Gasteiger partial charge in [0.25, 0.3) is 11.5 Å². The second-order valence-electron chi connectivity index (χ2n) is 21.2. The van der Waals surface area contributed by atoms with Gasteiger partial charge in [-0.1, -0.05) is 26.0 Å². The molecule has 2 saturated heterocycles. The van der Waals surface area contributed by atoms with Crippen molar-refractivity contribution in [3.05, 3.63) is 91.5 Å². The number of aliphatic hydroxyl groups is 1. The van der Waals surface area contributed by atoms with Crippen LogP contribution in [-0.4, -0.2) is 128 Å². The number of alkyl carbamates (subject to hydrolysis) is 1. The lowest BCUT2D eigenvalue weighted by Crippen LogP contribution is -2.56. The van der Waals surface area contributed by atoms with E-state index in [0.29, 0.717) is 51.9 Å². The number of aromatic nitrogens is 2. The van der Waals surface area contributed by atoms with Crippen LogP contribution in [0.3, 0.4) is 0 Å². The Morgan fingerprint density at radius 1 is 0.962 bits per heavy atom. The molecule has 418 valence electrons. The number of hydrogen-bond acceptors (Lipinski definition) is 15. The average molecular weight is 1090 g/mol. The molecule has 6 N–H and O–H groups in total. The number of carbonyl (C=O) groups excluding carboxylic acids is 9. The van der Waals surface area contributed by atoms with Crippen LogP contribution in [0.2, 0.25) is 0 Å². The van der Waals surface area contributed by atoms with E-state index in [4.69, 9.17) is 19.2 Å². The Kier molecular flexibility index (Phi) is 15.2. The summed E-state index contributed by atoms with van der Waals surface area (Å²) in [6.45, 7) is 11.1. The number of ether oxygens (including phenoxy) is 3. The first kappa shape index (κ1) is 55.6. The number of cyclic esters (lactones) is 1. The molecule has 4 aromatic rings. The number of aryl methyl sites for hydroxylation is 1. The molecule has 6 atom stereocenters. The molecule has 5 aliphatic rings. The van der Waals surface area contributed by atoms with Crippen molar-refractivity contribution in [2.45, 2.75) is 129 Å². The average Bonchev–Trinajstić information content (AvgIpc) is 4.18. The topological polar surface area (TPSA) is 303 Å². The van der Waals surface area contributed by atoms with Gasteiger partial charge in [0.2, 0.25) is 41.5 Å². The van der Waals surface area contributed by atoms with E-state index in [1.54, 1.807) is 26.8 Å². The van der Waals surface area contributed by atoms with Gasteiger partial charge in [-0.25, -0.2) is 19.0 Å². The molecule has 9 rings (SSSR count). The minimum absolute atomic E-state index is 0.00653. The van der Waals surface area contributed by atoms with Crippen LogP contribution in [0.25, 0.3) is 22.3 Å². The summed E-state index contributed by atoms with van der Waals surface area (Å²) < 4.78 is 33.6. The number of nitrogens with zero attached hydrogens (tertiary/aromatic N) is 4. The van der Waals surface area contributed by atoms with Gasteiger partial charge in [-0.15, -0.1) is 0 Å². The fourth-order valence-electron chi connectivity index (χ4n) is 10.8. The van der Waals surface area contributed by atoms with Gasteiger partial charge in [0.1, 0.15) is 30.0 Å². The Balaban J connectivity index is 0.878. The van der Waals surface area contributed by atoms with Gasteiger partial charge >= 0.3 is 12.1 Å². The monoisotopic (exact) mass is 1090 g/mol. The maximum Gasteiger partial charge on any atom is 0.409 e. The number of carbonyl (C=O) groups is 9. The third-order valence-corrected chi connectivity index (χ3v) is 15.5. The predicted octanol–water partition coefficient (Wildman–Crippen LogP) is 2.47. The number of rotatable bonds is 15. The first-order valence-corrected chi connectivity index (χ1v) is 26.2. The molecule has 6 heterocycles. The SMILES string of the molecule is CC[C@@]1(O)C(=O)OCc2c1cc1n(c2=O)Cc2c-1nc1cc(F)c(C)c3c1c2[C@@H](NC(=O)C(C)(C)NC(=O)OC(C(=O)N1CCOCC1)c1ccc(NC(=O)[C@H](C)NC(=O)[C@H](C)NC(=O)CCN2C(=O)CC(C)C2=O)cc1)CC3. The van der Waals surface area contributed by atoms with E-state index in [9.17, 15) is 53.1 Å². The Bertz CT molecular complexity index is 3320. The lowest BCUT2D eigenvalue weighted by atomic mass is 9.81. The van der Waals surface area contributed by atoms with Crippen molar-refractivity contribution in [1.29, 1.82) is 0 Å². The van der Waals surface area contributed by atoms with Crippen LogP contribution in [0.5, 0.6) is 0 Å². The van der Waals surface area contributed by atoms with E-state index >= 15 is 4.39 Å². The van der Waals surface area contributed by atoms with Crippen molar-refractivity contribution in [3.63, 3.8) is 0 Å². The summed E-state index contributed by atoms with van der Waals surface area (Å²) in [5, 5.41) is 25.5. The number of morpholine rings is 1. The molecular formula is C55H62FN9O14. The van der Waals surface area contributed by atoms with Gasteiger partial charge in [0, 0.05) is 72.2 Å². The molecule has 2 unspecified atom stereocenters. The van der Waals surface area contributed by atoms with Crippen LogP contribution >= 0.6 is 0 Å². The van der Waals surface area contributed by atoms with Crippen molar-refractivity contribution >= 4 is 70.0 Å². The van der Waals surface area contributed by atoms with Gasteiger partial charge in [-0.3, -0.25) is 43.3 Å². The Labute approximate surface area is 452 Å². The predicted molar refractivity (Wildman–Crippen MR) is 278 cm³/mol. The Morgan fingerprint density at radius 3 is 2.33 bits per heavy atom. The summed E-state index contributed by atoms with van der Waals surface area (Å²) in [7, 11) is 0. The van der Waals surface area contributed by atoms with Gasteiger partial charge in [0.15, 0.2) is 5.60 Å². The zero-order chi connectivity index (χ0) is 57.0. The van der Waals surface area contributed by atoms with Crippen molar-refractivity contribution in [2.24, 2.45) is 5.92 Å². The van der Waals surface area contributed by atoms with Crippen LogP contribution in [0.15, 0.2) is 41.2 Å². The number of hydrogen-bond donors (Lipinski definition) is 6. The minimum atomic E-state index is -2.08. The van der Waals surface area contributed by atoms with Crippen LogP contribution in [0.1, 0.15) is 118 Å². The quantitative estimate of drug-likeness (QED) is 0.0648. The molecule has 0 saturated carbocycles. The smallest absolute Gasteiger partial charge is 0.409 e. The van der Waals surface area contributed by atoms with Crippen LogP contribution < -0.4 is 32.1 Å². The van der Waals surface area contributed by atoms with Crippen molar-refractivity contribution in [3.8, 4) is 11.4 Å². The number of halogens is 1. The number of anilines is 1. The van der Waals surface area contributed by atoms with E-state index in [-0.39, 0.29) is 105 Å². The Hall–Kier alpha value is -8.12. The van der Waals surface area contributed by atoms with Crippen LogP contribution in [0.4, 0.5) is 14.9 Å². The number of imide groups is 1. The first-order chi connectivity index (χ1) is 37.4. The summed E-state index contributed by atoms with van der Waals surface area (Å²) in [4.78, 5) is 140. The van der Waals surface area contributed by atoms with Crippen molar-refractivity contribution in [1.82, 2.24) is 40.6 Å². The van der Waals surface area contributed by atoms with Crippen molar-refractivity contribution < 1.29 is 66.9 Å². The molecule has 23 nitrogen and oxygen atoms in total.